The van der Waals surface area contributed by atoms with Crippen LogP contribution in [-0.2, 0) is 32.7 Å². The van der Waals surface area contributed by atoms with E-state index in [4.69, 9.17) is 29.4 Å². The first kappa shape index (κ1) is 55.7. The van der Waals surface area contributed by atoms with Gasteiger partial charge < -0.3 is 25.2 Å². The molecule has 0 saturated carbocycles. The summed E-state index contributed by atoms with van der Waals surface area (Å²) in [6, 6.07) is -1.47. The number of carbonyl (C=O) groups is 2. The molecule has 3 atom stereocenters. The third kappa shape index (κ3) is 42.6. The summed E-state index contributed by atoms with van der Waals surface area (Å²) in [7, 11) is -4.61. The van der Waals surface area contributed by atoms with Crippen molar-refractivity contribution in [2.24, 2.45) is 5.73 Å². The van der Waals surface area contributed by atoms with Gasteiger partial charge in [0.1, 0.15) is 12.1 Å². The van der Waals surface area contributed by atoms with Gasteiger partial charge in [0, 0.05) is 13.0 Å². The number of unbranched alkanes of at least 4 members (excludes halogenated alkanes) is 30. The second-order valence-electron chi connectivity index (χ2n) is 16.2. The highest BCUT2D eigenvalue weighted by atomic mass is 31.2. The van der Waals surface area contributed by atoms with Gasteiger partial charge >= 0.3 is 19.8 Å². The molecule has 0 fully saturated rings. The zero-order chi connectivity index (χ0) is 41.9. The minimum absolute atomic E-state index is 0.0180. The predicted octanol–water partition coefficient (Wildman–Crippen LogP) is 13.3. The van der Waals surface area contributed by atoms with Crippen LogP contribution in [0.5, 0.6) is 0 Å². The van der Waals surface area contributed by atoms with Crippen molar-refractivity contribution in [3.05, 3.63) is 12.2 Å². The van der Waals surface area contributed by atoms with Crippen LogP contribution in [-0.4, -0.2) is 60.5 Å². The Morgan fingerprint density at radius 1 is 0.544 bits per heavy atom. The molecule has 3 unspecified atom stereocenters. The number of nitrogens with two attached hydrogens (primary N) is 1. The van der Waals surface area contributed by atoms with Gasteiger partial charge in [-0.2, -0.15) is 0 Å². The van der Waals surface area contributed by atoms with E-state index in [1.54, 1.807) is 0 Å². The van der Waals surface area contributed by atoms with E-state index >= 15 is 0 Å². The quantitative estimate of drug-likeness (QED) is 0.0234. The van der Waals surface area contributed by atoms with Gasteiger partial charge in [0.05, 0.1) is 19.8 Å². The van der Waals surface area contributed by atoms with Crippen molar-refractivity contribution in [1.29, 1.82) is 0 Å². The van der Waals surface area contributed by atoms with Crippen LogP contribution in [0.15, 0.2) is 12.2 Å². The van der Waals surface area contributed by atoms with E-state index in [-0.39, 0.29) is 13.0 Å². The Balaban J connectivity index is 4.06. The zero-order valence-electron chi connectivity index (χ0n) is 37.0. The molecule has 0 aliphatic rings. The minimum atomic E-state index is -4.61. The molecule has 0 saturated heterocycles. The molecule has 0 rings (SSSR count). The van der Waals surface area contributed by atoms with Crippen molar-refractivity contribution in [2.75, 3.05) is 26.4 Å². The number of carboxylic acid groups (broad SMARTS) is 1. The summed E-state index contributed by atoms with van der Waals surface area (Å²) in [5.41, 5.74) is 5.36. The third-order valence-electron chi connectivity index (χ3n) is 10.5. The number of ether oxygens (including phenoxy) is 2. The second-order valence-corrected chi connectivity index (χ2v) is 17.7. The molecule has 4 N–H and O–H groups in total. The van der Waals surface area contributed by atoms with Crippen molar-refractivity contribution >= 4 is 19.8 Å². The smallest absolute Gasteiger partial charge is 0.472 e. The average molecular weight is 832 g/mol. The highest BCUT2D eigenvalue weighted by Crippen LogP contribution is 2.43. The van der Waals surface area contributed by atoms with E-state index < -0.39 is 45.1 Å². The van der Waals surface area contributed by atoms with Gasteiger partial charge in [-0.05, 0) is 32.1 Å². The number of phosphoric ester groups is 1. The van der Waals surface area contributed by atoms with Gasteiger partial charge in [0.25, 0.3) is 0 Å². The molecule has 0 radical (unpaired) electrons. The molecule has 11 heteroatoms. The first-order valence-electron chi connectivity index (χ1n) is 23.7. The molecule has 0 bridgehead atoms. The molecule has 0 aliphatic carbocycles. The van der Waals surface area contributed by atoms with Crippen molar-refractivity contribution in [2.45, 2.75) is 244 Å². The molecule has 338 valence electrons. The number of esters is 1. The van der Waals surface area contributed by atoms with E-state index in [1.807, 2.05) is 0 Å². The molecule has 0 aromatic carbocycles. The maximum atomic E-state index is 12.7. The Morgan fingerprint density at radius 2 is 0.930 bits per heavy atom. The predicted molar refractivity (Wildman–Crippen MR) is 236 cm³/mol. The van der Waals surface area contributed by atoms with E-state index in [0.717, 1.165) is 44.9 Å². The second kappa shape index (κ2) is 42.8. The van der Waals surface area contributed by atoms with E-state index in [2.05, 4.69) is 26.0 Å². The summed E-state index contributed by atoms with van der Waals surface area (Å²) in [5.74, 6) is -1.77. The van der Waals surface area contributed by atoms with Gasteiger partial charge in [0.2, 0.25) is 0 Å². The SMILES string of the molecule is CCCC/C=C\CCCCCCCCOCC(COP(=O)(O)OCC(N)C(=O)O)OC(=O)CCCCCCCCCCCCCCCCCCCCCCCCC. The lowest BCUT2D eigenvalue weighted by atomic mass is 10.0. The monoisotopic (exact) mass is 832 g/mol. The van der Waals surface area contributed by atoms with Crippen molar-refractivity contribution < 1.29 is 42.7 Å². The molecule has 57 heavy (non-hydrogen) atoms. The van der Waals surface area contributed by atoms with Crippen LogP contribution < -0.4 is 5.73 Å². The average Bonchev–Trinajstić information content (AvgIpc) is 3.19. The molecule has 0 spiro atoms. The lowest BCUT2D eigenvalue weighted by Crippen LogP contribution is -2.34. The van der Waals surface area contributed by atoms with Crippen LogP contribution >= 0.6 is 7.82 Å². The Bertz CT molecular complexity index is 966. The normalized spacial score (nSPS) is 13.9. The summed E-state index contributed by atoms with van der Waals surface area (Å²) < 4.78 is 33.4. The summed E-state index contributed by atoms with van der Waals surface area (Å²) in [5, 5.41) is 8.90. The highest BCUT2D eigenvalue weighted by Gasteiger charge is 2.27. The summed E-state index contributed by atoms with van der Waals surface area (Å²) in [4.78, 5) is 33.6. The molecule has 0 aliphatic heterocycles. The van der Waals surface area contributed by atoms with Gasteiger partial charge in [-0.15, -0.1) is 0 Å². The van der Waals surface area contributed by atoms with Gasteiger partial charge in [-0.1, -0.05) is 206 Å². The maximum absolute atomic E-state index is 12.7. The van der Waals surface area contributed by atoms with Crippen LogP contribution in [0, 0.1) is 0 Å². The van der Waals surface area contributed by atoms with Crippen molar-refractivity contribution in [3.63, 3.8) is 0 Å². The Kier molecular flexibility index (Phi) is 41.9. The number of rotatable bonds is 46. The minimum Gasteiger partial charge on any atom is -0.480 e. The van der Waals surface area contributed by atoms with Crippen molar-refractivity contribution in [3.8, 4) is 0 Å². The molecular formula is C46H90NO9P. The number of aliphatic carboxylic acids is 1. The number of allylic oxidation sites excluding steroid dienone is 2. The Morgan fingerprint density at radius 3 is 1.39 bits per heavy atom. The van der Waals surface area contributed by atoms with E-state index in [9.17, 15) is 19.0 Å². The maximum Gasteiger partial charge on any atom is 0.472 e. The lowest BCUT2D eigenvalue weighted by molar-refractivity contribution is -0.154. The standard InChI is InChI=1S/C46H90NO9P/c1-3-5-7-9-11-13-15-17-18-19-20-21-22-23-24-25-26-27-28-30-32-34-36-38-45(48)56-43(41-54-57(51,52)55-42-44(47)46(49)50)40-53-39-37-35-33-31-29-16-14-12-10-8-6-4-2/h10,12,43-44H,3-9,11,13-42,47H2,1-2H3,(H,49,50)(H,51,52)/b12-10-. The van der Waals surface area contributed by atoms with Crippen molar-refractivity contribution in [1.82, 2.24) is 0 Å². The topological polar surface area (TPSA) is 155 Å². The zero-order valence-corrected chi connectivity index (χ0v) is 37.9. The molecular weight excluding hydrogens is 741 g/mol. The van der Waals surface area contributed by atoms with Crippen LogP contribution in [0.2, 0.25) is 0 Å². The fourth-order valence-corrected chi connectivity index (χ4v) is 7.60. The van der Waals surface area contributed by atoms with E-state index in [1.165, 1.54) is 167 Å². The fraction of sp³-hybridized carbons (Fsp3) is 0.913. The Hall–Kier alpha value is -1.29. The van der Waals surface area contributed by atoms with Crippen LogP contribution in [0.25, 0.3) is 0 Å². The molecule has 0 heterocycles. The summed E-state index contributed by atoms with van der Waals surface area (Å²) in [6.07, 6.45) is 45.6. The fourth-order valence-electron chi connectivity index (χ4n) is 6.82. The largest absolute Gasteiger partial charge is 0.480 e. The Labute approximate surface area is 350 Å². The number of hydrogen-bond acceptors (Lipinski definition) is 8. The number of carboxylic acids is 1. The van der Waals surface area contributed by atoms with E-state index in [0.29, 0.717) is 6.61 Å². The third-order valence-corrected chi connectivity index (χ3v) is 11.5. The molecule has 0 aromatic heterocycles. The number of carbonyl (C=O) groups excluding carboxylic acids is 1. The first-order valence-corrected chi connectivity index (χ1v) is 25.2. The number of hydrogen-bond donors (Lipinski definition) is 3. The van der Waals surface area contributed by atoms with Crippen LogP contribution in [0.3, 0.4) is 0 Å². The highest BCUT2D eigenvalue weighted by molar-refractivity contribution is 7.47. The molecule has 0 amide bonds. The number of phosphoric acid groups is 1. The first-order chi connectivity index (χ1) is 27.7. The lowest BCUT2D eigenvalue weighted by Gasteiger charge is -2.20. The molecule has 0 aromatic rings. The molecule has 10 nitrogen and oxygen atoms in total. The van der Waals surface area contributed by atoms with Crippen LogP contribution in [0.1, 0.15) is 232 Å². The van der Waals surface area contributed by atoms with Gasteiger partial charge in [-0.25, -0.2) is 4.57 Å². The summed E-state index contributed by atoms with van der Waals surface area (Å²) >= 11 is 0. The van der Waals surface area contributed by atoms with Gasteiger partial charge in [-0.3, -0.25) is 18.6 Å². The summed E-state index contributed by atoms with van der Waals surface area (Å²) in [6.45, 7) is 3.87. The van der Waals surface area contributed by atoms with Gasteiger partial charge in [0.15, 0.2) is 0 Å². The van der Waals surface area contributed by atoms with Crippen LogP contribution in [0.4, 0.5) is 0 Å².